The van der Waals surface area contributed by atoms with Crippen molar-refractivity contribution in [2.24, 2.45) is 7.05 Å². The Morgan fingerprint density at radius 3 is 2.95 bits per heavy atom. The molecule has 0 spiro atoms. The Balaban J connectivity index is 1.82. The number of anilines is 1. The molecule has 1 N–H and O–H groups in total. The summed E-state index contributed by atoms with van der Waals surface area (Å²) in [6.45, 7) is 2.77. The van der Waals surface area contributed by atoms with Crippen molar-refractivity contribution in [3.05, 3.63) is 40.7 Å². The van der Waals surface area contributed by atoms with Crippen LogP contribution >= 0.6 is 22.9 Å². The topological polar surface area (TPSA) is 42.7 Å². The highest BCUT2D eigenvalue weighted by Crippen LogP contribution is 2.31. The molecule has 0 saturated heterocycles. The predicted molar refractivity (Wildman–Crippen MR) is 79.9 cm³/mol. The summed E-state index contributed by atoms with van der Waals surface area (Å²) < 4.78 is 2.89. The van der Waals surface area contributed by atoms with Gasteiger partial charge in [0.1, 0.15) is 0 Å². The maximum atomic E-state index is 6.15. The standard InChI is InChI=1S/C13H13ClN4S/c1-8-9(7-16-18(8)2)6-15-13-17-11-5-3-4-10(14)12(11)19-13/h3-5,7H,6H2,1-2H3,(H,15,17). The van der Waals surface area contributed by atoms with Crippen LogP contribution in [0.3, 0.4) is 0 Å². The minimum Gasteiger partial charge on any atom is -0.357 e. The minimum absolute atomic E-state index is 0.719. The van der Waals surface area contributed by atoms with Crippen LogP contribution in [-0.4, -0.2) is 14.8 Å². The summed E-state index contributed by atoms with van der Waals surface area (Å²) >= 11 is 7.72. The summed E-state index contributed by atoms with van der Waals surface area (Å²) in [6.07, 6.45) is 1.88. The van der Waals surface area contributed by atoms with Crippen LogP contribution < -0.4 is 5.32 Å². The Bertz CT molecular complexity index is 731. The van der Waals surface area contributed by atoms with E-state index in [0.29, 0.717) is 0 Å². The number of rotatable bonds is 3. The molecule has 2 heterocycles. The van der Waals surface area contributed by atoms with Crippen molar-refractivity contribution in [2.45, 2.75) is 13.5 Å². The molecule has 0 atom stereocenters. The number of aromatic nitrogens is 3. The summed E-state index contributed by atoms with van der Waals surface area (Å²) in [5, 5.41) is 9.18. The first-order chi connectivity index (χ1) is 9.15. The van der Waals surface area contributed by atoms with Crippen molar-refractivity contribution >= 4 is 38.3 Å². The molecule has 0 radical (unpaired) electrons. The second kappa shape index (κ2) is 4.83. The van der Waals surface area contributed by atoms with Gasteiger partial charge in [-0.3, -0.25) is 4.68 Å². The van der Waals surface area contributed by atoms with Gasteiger partial charge in [-0.05, 0) is 19.1 Å². The summed E-state index contributed by atoms with van der Waals surface area (Å²) in [7, 11) is 1.94. The maximum absolute atomic E-state index is 6.15. The van der Waals surface area contributed by atoms with Gasteiger partial charge in [0, 0.05) is 24.8 Å². The SMILES string of the molecule is Cc1c(CNc2nc3cccc(Cl)c3s2)cnn1C. The monoisotopic (exact) mass is 292 g/mol. The first-order valence-corrected chi connectivity index (χ1v) is 7.11. The van der Waals surface area contributed by atoms with Crippen molar-refractivity contribution in [3.8, 4) is 0 Å². The highest BCUT2D eigenvalue weighted by atomic mass is 35.5. The largest absolute Gasteiger partial charge is 0.357 e. The fourth-order valence-corrected chi connectivity index (χ4v) is 3.03. The number of hydrogen-bond donors (Lipinski definition) is 1. The summed E-state index contributed by atoms with van der Waals surface area (Å²) in [6, 6.07) is 5.77. The lowest BCUT2D eigenvalue weighted by molar-refractivity contribution is 0.738. The molecule has 0 unspecified atom stereocenters. The van der Waals surface area contributed by atoms with E-state index in [4.69, 9.17) is 11.6 Å². The van der Waals surface area contributed by atoms with Crippen molar-refractivity contribution in [2.75, 3.05) is 5.32 Å². The highest BCUT2D eigenvalue weighted by molar-refractivity contribution is 7.22. The van der Waals surface area contributed by atoms with E-state index in [1.165, 1.54) is 5.56 Å². The molecule has 2 aromatic heterocycles. The Labute approximate surface area is 120 Å². The van der Waals surface area contributed by atoms with E-state index < -0.39 is 0 Å². The molecule has 19 heavy (non-hydrogen) atoms. The molecular weight excluding hydrogens is 280 g/mol. The number of nitrogens with one attached hydrogen (secondary N) is 1. The predicted octanol–water partition coefficient (Wildman–Crippen LogP) is 3.60. The van der Waals surface area contributed by atoms with Crippen LogP contribution in [0.4, 0.5) is 5.13 Å². The van der Waals surface area contributed by atoms with Gasteiger partial charge < -0.3 is 5.32 Å². The number of thiazole rings is 1. The lowest BCUT2D eigenvalue weighted by Crippen LogP contribution is -2.00. The van der Waals surface area contributed by atoms with Gasteiger partial charge in [0.15, 0.2) is 5.13 Å². The molecule has 0 saturated carbocycles. The number of halogens is 1. The van der Waals surface area contributed by atoms with Crippen LogP contribution in [0.1, 0.15) is 11.3 Å². The minimum atomic E-state index is 0.719. The Morgan fingerprint density at radius 2 is 2.26 bits per heavy atom. The van der Waals surface area contributed by atoms with Gasteiger partial charge in [0.2, 0.25) is 0 Å². The number of benzene rings is 1. The fourth-order valence-electron chi connectivity index (χ4n) is 1.88. The van der Waals surface area contributed by atoms with Gasteiger partial charge in [-0.2, -0.15) is 5.10 Å². The smallest absolute Gasteiger partial charge is 0.184 e. The summed E-state index contributed by atoms with van der Waals surface area (Å²) in [4.78, 5) is 4.52. The van der Waals surface area contributed by atoms with Crippen molar-refractivity contribution in [1.29, 1.82) is 0 Å². The third-order valence-electron chi connectivity index (χ3n) is 3.13. The van der Waals surface area contributed by atoms with Gasteiger partial charge >= 0.3 is 0 Å². The summed E-state index contributed by atoms with van der Waals surface area (Å²) in [5.74, 6) is 0. The third kappa shape index (κ3) is 2.31. The van der Waals surface area contributed by atoms with E-state index in [-0.39, 0.29) is 0 Å². The fraction of sp³-hybridized carbons (Fsp3) is 0.231. The van der Waals surface area contributed by atoms with Crippen molar-refractivity contribution in [3.63, 3.8) is 0 Å². The zero-order chi connectivity index (χ0) is 13.4. The zero-order valence-electron chi connectivity index (χ0n) is 10.6. The first kappa shape index (κ1) is 12.4. The van der Waals surface area contributed by atoms with Crippen LogP contribution in [0.5, 0.6) is 0 Å². The first-order valence-electron chi connectivity index (χ1n) is 5.91. The molecule has 0 bridgehead atoms. The molecule has 4 nitrogen and oxygen atoms in total. The van der Waals surface area contributed by atoms with Crippen molar-refractivity contribution < 1.29 is 0 Å². The molecule has 3 rings (SSSR count). The van der Waals surface area contributed by atoms with Crippen LogP contribution in [-0.2, 0) is 13.6 Å². The van der Waals surface area contributed by atoms with E-state index >= 15 is 0 Å². The Kier molecular flexibility index (Phi) is 3.16. The van der Waals surface area contributed by atoms with E-state index in [2.05, 4.69) is 22.3 Å². The number of aryl methyl sites for hydroxylation is 1. The van der Waals surface area contributed by atoms with E-state index in [0.717, 1.165) is 32.6 Å². The number of nitrogens with zero attached hydrogens (tertiary/aromatic N) is 3. The van der Waals surface area contributed by atoms with Gasteiger partial charge in [-0.25, -0.2) is 4.98 Å². The molecular formula is C13H13ClN4S. The summed E-state index contributed by atoms with van der Waals surface area (Å²) in [5.41, 5.74) is 3.27. The molecule has 6 heteroatoms. The molecule has 0 fully saturated rings. The Hall–Kier alpha value is -1.59. The average Bonchev–Trinajstić information content (AvgIpc) is 2.94. The maximum Gasteiger partial charge on any atom is 0.184 e. The molecule has 0 amide bonds. The molecule has 98 valence electrons. The third-order valence-corrected chi connectivity index (χ3v) is 4.62. The van der Waals surface area contributed by atoms with Gasteiger partial charge in [-0.15, -0.1) is 0 Å². The zero-order valence-corrected chi connectivity index (χ0v) is 12.2. The second-order valence-corrected chi connectivity index (χ2v) is 5.75. The van der Waals surface area contributed by atoms with E-state index in [1.54, 1.807) is 11.3 Å². The van der Waals surface area contributed by atoms with E-state index in [9.17, 15) is 0 Å². The molecule has 0 aliphatic heterocycles. The molecule has 0 aliphatic carbocycles. The van der Waals surface area contributed by atoms with Gasteiger partial charge in [0.25, 0.3) is 0 Å². The normalized spacial score (nSPS) is 11.1. The lowest BCUT2D eigenvalue weighted by Gasteiger charge is -2.01. The molecule has 3 aromatic rings. The quantitative estimate of drug-likeness (QED) is 0.802. The van der Waals surface area contributed by atoms with Gasteiger partial charge in [0.05, 0.1) is 21.4 Å². The van der Waals surface area contributed by atoms with Crippen LogP contribution in [0, 0.1) is 6.92 Å². The van der Waals surface area contributed by atoms with Gasteiger partial charge in [-0.1, -0.05) is 29.0 Å². The second-order valence-electron chi connectivity index (χ2n) is 4.34. The highest BCUT2D eigenvalue weighted by Gasteiger charge is 2.08. The molecule has 0 aliphatic rings. The average molecular weight is 293 g/mol. The van der Waals surface area contributed by atoms with Crippen LogP contribution in [0.15, 0.2) is 24.4 Å². The number of fused-ring (bicyclic) bond motifs is 1. The van der Waals surface area contributed by atoms with Crippen molar-refractivity contribution in [1.82, 2.24) is 14.8 Å². The lowest BCUT2D eigenvalue weighted by atomic mass is 10.2. The van der Waals surface area contributed by atoms with E-state index in [1.807, 2.05) is 36.1 Å². The van der Waals surface area contributed by atoms with Crippen LogP contribution in [0.2, 0.25) is 5.02 Å². The molecule has 1 aromatic carbocycles. The van der Waals surface area contributed by atoms with Crippen LogP contribution in [0.25, 0.3) is 10.2 Å². The Morgan fingerprint density at radius 1 is 1.42 bits per heavy atom. The number of hydrogen-bond acceptors (Lipinski definition) is 4.